The maximum absolute atomic E-state index is 8.89. The Morgan fingerprint density at radius 1 is 1.29 bits per heavy atom. The van der Waals surface area contributed by atoms with Crippen LogP contribution in [0.4, 0.5) is 0 Å². The summed E-state index contributed by atoms with van der Waals surface area (Å²) in [6.07, 6.45) is 1.71. The SMILES string of the molecule is CCC(NC(C)CCO)c1ccc(Cl)c(Cl)c1. The van der Waals surface area contributed by atoms with Gasteiger partial charge in [-0.1, -0.05) is 36.2 Å². The van der Waals surface area contributed by atoms with Gasteiger partial charge in [-0.3, -0.25) is 0 Å². The summed E-state index contributed by atoms with van der Waals surface area (Å²) in [6, 6.07) is 6.23. The second-order valence-corrected chi connectivity index (χ2v) is 5.03. The van der Waals surface area contributed by atoms with Crippen LogP contribution < -0.4 is 5.32 Å². The average Bonchev–Trinajstić information content (AvgIpc) is 2.30. The Bertz CT molecular complexity index is 357. The molecule has 2 atom stereocenters. The molecule has 2 N–H and O–H groups in total. The van der Waals surface area contributed by atoms with Crippen molar-refractivity contribution in [2.24, 2.45) is 0 Å². The van der Waals surface area contributed by atoms with Crippen molar-refractivity contribution in [2.45, 2.75) is 38.8 Å². The van der Waals surface area contributed by atoms with Gasteiger partial charge in [0, 0.05) is 18.7 Å². The van der Waals surface area contributed by atoms with Crippen LogP contribution in [0.1, 0.15) is 38.3 Å². The third kappa shape index (κ3) is 4.47. The fraction of sp³-hybridized carbons (Fsp3) is 0.538. The molecule has 0 amide bonds. The first kappa shape index (κ1) is 14.8. The Hall–Kier alpha value is -0.280. The first-order valence-electron chi connectivity index (χ1n) is 5.90. The lowest BCUT2D eigenvalue weighted by atomic mass is 10.0. The van der Waals surface area contributed by atoms with Crippen LogP contribution in [0, 0.1) is 0 Å². The molecule has 0 aromatic heterocycles. The molecule has 0 aliphatic heterocycles. The lowest BCUT2D eigenvalue weighted by molar-refractivity contribution is 0.262. The standard InChI is InChI=1S/C13H19Cl2NO/c1-3-13(16-9(2)6-7-17)10-4-5-11(14)12(15)8-10/h4-5,8-9,13,16-17H,3,6-7H2,1-2H3. The van der Waals surface area contributed by atoms with Gasteiger partial charge in [0.25, 0.3) is 0 Å². The molecule has 17 heavy (non-hydrogen) atoms. The van der Waals surface area contributed by atoms with Gasteiger partial charge in [0.1, 0.15) is 0 Å². The van der Waals surface area contributed by atoms with E-state index in [1.165, 1.54) is 0 Å². The van der Waals surface area contributed by atoms with Gasteiger partial charge in [-0.05, 0) is 37.5 Å². The van der Waals surface area contributed by atoms with E-state index < -0.39 is 0 Å². The molecular weight excluding hydrogens is 257 g/mol. The summed E-state index contributed by atoms with van der Waals surface area (Å²) in [5.41, 5.74) is 1.13. The quantitative estimate of drug-likeness (QED) is 0.828. The summed E-state index contributed by atoms with van der Waals surface area (Å²) < 4.78 is 0. The van der Waals surface area contributed by atoms with E-state index in [9.17, 15) is 0 Å². The van der Waals surface area contributed by atoms with Crippen LogP contribution in [0.25, 0.3) is 0 Å². The van der Waals surface area contributed by atoms with Crippen LogP contribution in [-0.2, 0) is 0 Å². The second-order valence-electron chi connectivity index (χ2n) is 4.21. The third-order valence-electron chi connectivity index (χ3n) is 2.80. The number of hydrogen-bond donors (Lipinski definition) is 2. The number of nitrogens with one attached hydrogen (secondary N) is 1. The average molecular weight is 276 g/mol. The Labute approximate surface area is 113 Å². The lowest BCUT2D eigenvalue weighted by Crippen LogP contribution is -2.31. The van der Waals surface area contributed by atoms with Crippen LogP contribution in [0.15, 0.2) is 18.2 Å². The lowest BCUT2D eigenvalue weighted by Gasteiger charge is -2.22. The molecule has 0 saturated heterocycles. The second kappa shape index (κ2) is 7.22. The van der Waals surface area contributed by atoms with Crippen molar-refractivity contribution < 1.29 is 5.11 Å². The third-order valence-corrected chi connectivity index (χ3v) is 3.54. The summed E-state index contributed by atoms with van der Waals surface area (Å²) in [4.78, 5) is 0. The molecule has 2 unspecified atom stereocenters. The van der Waals surface area contributed by atoms with Crippen molar-refractivity contribution in [3.05, 3.63) is 33.8 Å². The number of halogens is 2. The van der Waals surface area contributed by atoms with Crippen LogP contribution in [0.5, 0.6) is 0 Å². The van der Waals surface area contributed by atoms with E-state index in [1.807, 2.05) is 18.2 Å². The number of hydrogen-bond acceptors (Lipinski definition) is 2. The maximum Gasteiger partial charge on any atom is 0.0595 e. The van der Waals surface area contributed by atoms with Crippen molar-refractivity contribution in [3.8, 4) is 0 Å². The molecule has 1 rings (SSSR count). The summed E-state index contributed by atoms with van der Waals surface area (Å²) in [7, 11) is 0. The van der Waals surface area contributed by atoms with Gasteiger partial charge >= 0.3 is 0 Å². The summed E-state index contributed by atoms with van der Waals surface area (Å²) >= 11 is 11.9. The van der Waals surface area contributed by atoms with E-state index in [2.05, 4.69) is 19.2 Å². The van der Waals surface area contributed by atoms with E-state index in [-0.39, 0.29) is 18.7 Å². The predicted molar refractivity (Wildman–Crippen MR) is 73.8 cm³/mol. The van der Waals surface area contributed by atoms with Gasteiger partial charge in [-0.25, -0.2) is 0 Å². The van der Waals surface area contributed by atoms with Crippen LogP contribution in [-0.4, -0.2) is 17.8 Å². The molecule has 0 aliphatic carbocycles. The van der Waals surface area contributed by atoms with E-state index in [0.717, 1.165) is 18.4 Å². The maximum atomic E-state index is 8.89. The number of rotatable bonds is 6. The molecule has 96 valence electrons. The highest BCUT2D eigenvalue weighted by Crippen LogP contribution is 2.27. The van der Waals surface area contributed by atoms with Crippen molar-refractivity contribution in [3.63, 3.8) is 0 Å². The topological polar surface area (TPSA) is 32.3 Å². The van der Waals surface area contributed by atoms with Crippen LogP contribution in [0.2, 0.25) is 10.0 Å². The van der Waals surface area contributed by atoms with Crippen LogP contribution in [0.3, 0.4) is 0 Å². The van der Waals surface area contributed by atoms with Gasteiger partial charge < -0.3 is 10.4 Å². The highest BCUT2D eigenvalue weighted by molar-refractivity contribution is 6.42. The molecule has 1 aromatic rings. The summed E-state index contributed by atoms with van der Waals surface area (Å²) in [5, 5.41) is 13.5. The van der Waals surface area contributed by atoms with Gasteiger partial charge in [0.2, 0.25) is 0 Å². The minimum Gasteiger partial charge on any atom is -0.396 e. The number of aliphatic hydroxyl groups is 1. The molecular formula is C13H19Cl2NO. The highest BCUT2D eigenvalue weighted by Gasteiger charge is 2.13. The van der Waals surface area contributed by atoms with Gasteiger partial charge in [0.15, 0.2) is 0 Å². The molecule has 0 fully saturated rings. The van der Waals surface area contributed by atoms with E-state index in [4.69, 9.17) is 28.3 Å². The zero-order valence-corrected chi connectivity index (χ0v) is 11.7. The molecule has 0 bridgehead atoms. The minimum absolute atomic E-state index is 0.200. The Morgan fingerprint density at radius 3 is 2.53 bits per heavy atom. The highest BCUT2D eigenvalue weighted by atomic mass is 35.5. The monoisotopic (exact) mass is 275 g/mol. The Morgan fingerprint density at radius 2 is 2.00 bits per heavy atom. The van der Waals surface area contributed by atoms with Crippen molar-refractivity contribution in [1.82, 2.24) is 5.32 Å². The smallest absolute Gasteiger partial charge is 0.0595 e. The zero-order chi connectivity index (χ0) is 12.8. The van der Waals surface area contributed by atoms with Crippen molar-refractivity contribution >= 4 is 23.2 Å². The summed E-state index contributed by atoms with van der Waals surface area (Å²) in [6.45, 7) is 4.38. The Balaban J connectivity index is 2.75. The molecule has 0 spiro atoms. The fourth-order valence-corrected chi connectivity index (χ4v) is 2.11. The Kier molecular flexibility index (Phi) is 6.28. The largest absolute Gasteiger partial charge is 0.396 e. The zero-order valence-electron chi connectivity index (χ0n) is 10.2. The van der Waals surface area contributed by atoms with Gasteiger partial charge in [0.05, 0.1) is 10.0 Å². The normalized spacial score (nSPS) is 14.6. The summed E-state index contributed by atoms with van der Waals surface area (Å²) in [5.74, 6) is 0. The molecule has 0 heterocycles. The molecule has 4 heteroatoms. The molecule has 2 nitrogen and oxygen atoms in total. The first-order chi connectivity index (χ1) is 8.08. The minimum atomic E-state index is 0.200. The molecule has 0 radical (unpaired) electrons. The molecule has 1 aromatic carbocycles. The number of benzene rings is 1. The van der Waals surface area contributed by atoms with E-state index >= 15 is 0 Å². The van der Waals surface area contributed by atoms with Gasteiger partial charge in [-0.2, -0.15) is 0 Å². The van der Waals surface area contributed by atoms with Crippen molar-refractivity contribution in [1.29, 1.82) is 0 Å². The van der Waals surface area contributed by atoms with E-state index in [1.54, 1.807) is 0 Å². The fourth-order valence-electron chi connectivity index (χ4n) is 1.80. The van der Waals surface area contributed by atoms with Crippen molar-refractivity contribution in [2.75, 3.05) is 6.61 Å². The van der Waals surface area contributed by atoms with Crippen LogP contribution >= 0.6 is 23.2 Å². The predicted octanol–water partition coefficient (Wildman–Crippen LogP) is 3.81. The molecule has 0 saturated carbocycles. The number of aliphatic hydroxyl groups excluding tert-OH is 1. The molecule has 0 aliphatic rings. The van der Waals surface area contributed by atoms with E-state index in [0.29, 0.717) is 10.0 Å². The van der Waals surface area contributed by atoms with Gasteiger partial charge in [-0.15, -0.1) is 0 Å². The first-order valence-corrected chi connectivity index (χ1v) is 6.66.